The van der Waals surface area contributed by atoms with Gasteiger partial charge in [-0.3, -0.25) is 9.35 Å². The van der Waals surface area contributed by atoms with Gasteiger partial charge in [0.2, 0.25) is 15.8 Å². The summed E-state index contributed by atoms with van der Waals surface area (Å²) in [5.74, 6) is 0.277. The SMILES string of the molecule is N#[N+]c1ccc2c(c1)[C@H]1CC(=O)[C@@H]2c2ccccc21.O=S(=O)([O-])O. The first-order valence-electron chi connectivity index (χ1n) is 7.08. The smallest absolute Gasteiger partial charge is 0.385 e. The summed E-state index contributed by atoms with van der Waals surface area (Å²) in [6.07, 6.45) is 0.559. The number of carbonyl (C=O) groups is 1. The molecular formula is C16H12N2O5S. The van der Waals surface area contributed by atoms with Crippen molar-refractivity contribution in [3.8, 4) is 0 Å². The molecule has 0 unspecified atom stereocenters. The highest BCUT2D eigenvalue weighted by Crippen LogP contribution is 2.51. The number of hydrogen-bond donors (Lipinski definition) is 1. The maximum absolute atomic E-state index is 12.3. The van der Waals surface area contributed by atoms with Gasteiger partial charge in [-0.2, -0.15) is 0 Å². The summed E-state index contributed by atoms with van der Waals surface area (Å²) in [5.41, 5.74) is 5.15. The van der Waals surface area contributed by atoms with Crippen molar-refractivity contribution in [3.63, 3.8) is 0 Å². The summed E-state index contributed by atoms with van der Waals surface area (Å²) in [7, 11) is -4.92. The Morgan fingerprint density at radius 2 is 1.67 bits per heavy atom. The number of hydrogen-bond acceptors (Lipinski definition) is 5. The number of fused-ring (bicyclic) bond motifs is 1. The largest absolute Gasteiger partial charge is 0.726 e. The van der Waals surface area contributed by atoms with Gasteiger partial charge in [-0.25, -0.2) is 8.42 Å². The molecule has 7 nitrogen and oxygen atoms in total. The Balaban J connectivity index is 0.000000300. The van der Waals surface area contributed by atoms with Crippen LogP contribution in [0.15, 0.2) is 42.5 Å². The van der Waals surface area contributed by atoms with Crippen LogP contribution in [0.4, 0.5) is 5.69 Å². The molecule has 3 aliphatic carbocycles. The zero-order valence-electron chi connectivity index (χ0n) is 12.3. The van der Waals surface area contributed by atoms with Crippen LogP contribution in [-0.4, -0.2) is 23.3 Å². The molecule has 0 fully saturated rings. The minimum atomic E-state index is -4.92. The zero-order chi connectivity index (χ0) is 17.5. The zero-order valence-corrected chi connectivity index (χ0v) is 13.1. The van der Waals surface area contributed by atoms with Crippen LogP contribution >= 0.6 is 0 Å². The van der Waals surface area contributed by atoms with Crippen LogP contribution in [0.1, 0.15) is 40.5 Å². The highest BCUT2D eigenvalue weighted by atomic mass is 32.3. The Labute approximate surface area is 138 Å². The molecule has 3 aliphatic rings. The van der Waals surface area contributed by atoms with Gasteiger partial charge in [-0.1, -0.05) is 24.3 Å². The summed E-state index contributed by atoms with van der Waals surface area (Å²) in [5, 5.41) is 8.91. The second kappa shape index (κ2) is 5.79. The highest BCUT2D eigenvalue weighted by molar-refractivity contribution is 7.79. The van der Waals surface area contributed by atoms with Gasteiger partial charge in [-0.05, 0) is 28.3 Å². The molecule has 0 saturated carbocycles. The van der Waals surface area contributed by atoms with Gasteiger partial charge in [0, 0.05) is 24.5 Å². The molecule has 5 rings (SSSR count). The molecule has 24 heavy (non-hydrogen) atoms. The van der Waals surface area contributed by atoms with Crippen LogP contribution in [0.25, 0.3) is 4.98 Å². The number of nitrogens with zero attached hydrogens (tertiary/aromatic N) is 2. The molecule has 1 N–H and O–H groups in total. The maximum atomic E-state index is 12.3. The molecule has 8 heteroatoms. The Kier molecular flexibility index (Phi) is 3.93. The van der Waals surface area contributed by atoms with Gasteiger partial charge in [0.1, 0.15) is 5.78 Å². The summed E-state index contributed by atoms with van der Waals surface area (Å²) >= 11 is 0. The van der Waals surface area contributed by atoms with Gasteiger partial charge in [0.15, 0.2) is 4.98 Å². The minimum Gasteiger partial charge on any atom is -0.726 e. The standard InChI is InChI=1S/C16H11N2O.H2O4S/c17-18-9-5-6-12-13(7-9)14-8-15(19)16(12)11-4-2-1-3-10(11)14;1-5(2,3)4/h1-7,14,16H,8H2;(H2,1,2,3,4)/q+1;/p-1/t14-,16+;/m0./s1. The van der Waals surface area contributed by atoms with Gasteiger partial charge < -0.3 is 4.55 Å². The number of diazo groups is 1. The molecule has 0 radical (unpaired) electrons. The number of benzene rings is 2. The molecule has 2 bridgehead atoms. The van der Waals surface area contributed by atoms with Crippen molar-refractivity contribution >= 4 is 21.9 Å². The fraction of sp³-hybridized carbons (Fsp3) is 0.188. The first-order valence-corrected chi connectivity index (χ1v) is 8.45. The summed E-state index contributed by atoms with van der Waals surface area (Å²) < 4.78 is 32.8. The summed E-state index contributed by atoms with van der Waals surface area (Å²) in [6.45, 7) is 0. The lowest BCUT2D eigenvalue weighted by atomic mass is 9.63. The third kappa shape index (κ3) is 2.92. The van der Waals surface area contributed by atoms with Crippen molar-refractivity contribution < 1.29 is 22.3 Å². The molecule has 2 atom stereocenters. The van der Waals surface area contributed by atoms with Gasteiger partial charge in [0.25, 0.3) is 0 Å². The first-order chi connectivity index (χ1) is 11.3. The van der Waals surface area contributed by atoms with E-state index in [1.54, 1.807) is 6.07 Å². The Hall–Kier alpha value is -2.60. The van der Waals surface area contributed by atoms with Crippen molar-refractivity contribution in [2.75, 3.05) is 0 Å². The van der Waals surface area contributed by atoms with Crippen LogP contribution in [0.3, 0.4) is 0 Å². The predicted octanol–water partition coefficient (Wildman–Crippen LogP) is 2.73. The van der Waals surface area contributed by atoms with Crippen LogP contribution in [0.2, 0.25) is 0 Å². The fourth-order valence-corrected chi connectivity index (χ4v) is 3.50. The minimum absolute atomic E-state index is 0.116. The molecule has 2 aromatic rings. The maximum Gasteiger partial charge on any atom is 0.385 e. The first kappa shape index (κ1) is 16.3. The molecule has 0 aliphatic heterocycles. The predicted molar refractivity (Wildman–Crippen MR) is 83.3 cm³/mol. The van der Waals surface area contributed by atoms with Crippen molar-refractivity contribution in [2.45, 2.75) is 18.3 Å². The van der Waals surface area contributed by atoms with Crippen LogP contribution in [0.5, 0.6) is 0 Å². The second-order valence-corrected chi connectivity index (χ2v) is 6.48. The van der Waals surface area contributed by atoms with E-state index in [1.807, 2.05) is 24.3 Å². The molecule has 2 aromatic carbocycles. The normalized spacial score (nSPS) is 20.3. The number of Topliss-reactive ketones (excluding diaryl/α,β-unsaturated/α-hetero) is 1. The lowest BCUT2D eigenvalue weighted by Gasteiger charge is -2.38. The van der Waals surface area contributed by atoms with E-state index in [1.165, 1.54) is 5.56 Å². The van der Waals surface area contributed by atoms with Crippen molar-refractivity contribution in [1.29, 1.82) is 5.39 Å². The Bertz CT molecular complexity index is 970. The van der Waals surface area contributed by atoms with E-state index in [9.17, 15) is 4.79 Å². The van der Waals surface area contributed by atoms with Crippen LogP contribution < -0.4 is 0 Å². The summed E-state index contributed by atoms with van der Waals surface area (Å²) in [6, 6.07) is 13.7. The molecular weight excluding hydrogens is 332 g/mol. The third-order valence-corrected chi connectivity index (χ3v) is 4.28. The topological polar surface area (TPSA) is 123 Å². The Morgan fingerprint density at radius 1 is 1.08 bits per heavy atom. The van der Waals surface area contributed by atoms with E-state index in [-0.39, 0.29) is 11.8 Å². The van der Waals surface area contributed by atoms with E-state index in [0.717, 1.165) is 16.7 Å². The third-order valence-electron chi connectivity index (χ3n) is 4.28. The molecule has 0 saturated heterocycles. The lowest BCUT2D eigenvalue weighted by molar-refractivity contribution is -0.120. The molecule has 0 amide bonds. The van der Waals surface area contributed by atoms with E-state index in [0.29, 0.717) is 17.9 Å². The Morgan fingerprint density at radius 3 is 2.29 bits per heavy atom. The van der Waals surface area contributed by atoms with Crippen molar-refractivity contribution in [3.05, 3.63) is 69.7 Å². The molecule has 0 aromatic heterocycles. The molecule has 0 heterocycles. The van der Waals surface area contributed by atoms with E-state index in [2.05, 4.69) is 17.1 Å². The van der Waals surface area contributed by atoms with Crippen LogP contribution in [-0.2, 0) is 15.2 Å². The van der Waals surface area contributed by atoms with Gasteiger partial charge >= 0.3 is 5.69 Å². The lowest BCUT2D eigenvalue weighted by Crippen LogP contribution is -2.32. The summed E-state index contributed by atoms with van der Waals surface area (Å²) in [4.78, 5) is 15.5. The average Bonchev–Trinajstić information content (AvgIpc) is 2.53. The average molecular weight is 344 g/mol. The quantitative estimate of drug-likeness (QED) is 0.445. The van der Waals surface area contributed by atoms with Crippen molar-refractivity contribution in [2.24, 2.45) is 0 Å². The number of rotatable bonds is 0. The number of ketones is 1. The van der Waals surface area contributed by atoms with Crippen LogP contribution in [0, 0.1) is 5.39 Å². The van der Waals surface area contributed by atoms with E-state index >= 15 is 0 Å². The molecule has 0 spiro atoms. The second-order valence-electron chi connectivity index (χ2n) is 5.63. The molecule has 122 valence electrons. The fourth-order valence-electron chi connectivity index (χ4n) is 3.50. The van der Waals surface area contributed by atoms with E-state index < -0.39 is 10.4 Å². The van der Waals surface area contributed by atoms with E-state index in [4.69, 9.17) is 22.9 Å². The van der Waals surface area contributed by atoms with Crippen molar-refractivity contribution in [1.82, 2.24) is 0 Å². The highest BCUT2D eigenvalue weighted by Gasteiger charge is 2.43. The monoisotopic (exact) mass is 344 g/mol. The number of carbonyl (C=O) groups excluding carboxylic acids is 1. The van der Waals surface area contributed by atoms with Gasteiger partial charge in [-0.15, -0.1) is 0 Å². The van der Waals surface area contributed by atoms with Gasteiger partial charge in [0.05, 0.1) is 5.92 Å².